The van der Waals surface area contributed by atoms with Crippen LogP contribution in [0.1, 0.15) is 13.3 Å². The van der Waals surface area contributed by atoms with Crippen LogP contribution in [0, 0.1) is 11.8 Å². The maximum Gasteiger partial charge on any atom is 0.320 e. The van der Waals surface area contributed by atoms with Crippen LogP contribution >= 0.6 is 0 Å². The van der Waals surface area contributed by atoms with Crippen LogP contribution in [0.2, 0.25) is 0 Å². The van der Waals surface area contributed by atoms with E-state index in [1.54, 1.807) is 14.0 Å². The van der Waals surface area contributed by atoms with Gasteiger partial charge in [-0.2, -0.15) is 0 Å². The van der Waals surface area contributed by atoms with E-state index in [4.69, 9.17) is 9.84 Å². The third kappa shape index (κ3) is 1.42. The number of fused-ring (bicyclic) bond motifs is 2. The fourth-order valence-electron chi connectivity index (χ4n) is 2.74. The summed E-state index contributed by atoms with van der Waals surface area (Å²) in [6, 6.07) is -0.349. The number of rotatable bonds is 3. The van der Waals surface area contributed by atoms with E-state index < -0.39 is 5.97 Å². The lowest BCUT2D eigenvalue weighted by Gasteiger charge is -2.53. The van der Waals surface area contributed by atoms with Gasteiger partial charge in [0, 0.05) is 20.2 Å². The lowest BCUT2D eigenvalue weighted by atomic mass is 9.67. The fourth-order valence-corrected chi connectivity index (χ4v) is 2.74. The Kier molecular flexibility index (Phi) is 2.49. The Balaban J connectivity index is 1.93. The number of nitrogens with zero attached hydrogens (tertiary/aromatic N) is 1. The molecular weight excluding hydrogens is 182 g/mol. The first-order chi connectivity index (χ1) is 6.63. The van der Waals surface area contributed by atoms with Gasteiger partial charge in [0.15, 0.2) is 0 Å². The van der Waals surface area contributed by atoms with Crippen LogP contribution in [0.3, 0.4) is 0 Å². The Hall–Kier alpha value is -0.610. The predicted molar refractivity (Wildman–Crippen MR) is 51.1 cm³/mol. The van der Waals surface area contributed by atoms with Gasteiger partial charge < -0.3 is 9.84 Å². The Morgan fingerprint density at radius 1 is 1.50 bits per heavy atom. The van der Waals surface area contributed by atoms with Crippen molar-refractivity contribution in [2.24, 2.45) is 11.8 Å². The average molecular weight is 199 g/mol. The van der Waals surface area contributed by atoms with Gasteiger partial charge in [-0.05, 0) is 25.2 Å². The zero-order chi connectivity index (χ0) is 10.3. The summed E-state index contributed by atoms with van der Waals surface area (Å²) in [6.45, 7) is 3.51. The van der Waals surface area contributed by atoms with Crippen LogP contribution in [-0.2, 0) is 9.53 Å². The number of ether oxygens (including phenoxy) is 1. The number of carboxylic acid groups (broad SMARTS) is 1. The molecule has 0 amide bonds. The van der Waals surface area contributed by atoms with E-state index in [-0.39, 0.29) is 6.04 Å². The predicted octanol–water partition coefficient (Wildman–Crippen LogP) is 0.426. The molecule has 1 aliphatic carbocycles. The number of carboxylic acids is 1. The molecule has 3 aliphatic rings. The molecule has 1 N–H and O–H groups in total. The first-order valence-electron chi connectivity index (χ1n) is 5.13. The average Bonchev–Trinajstić information content (AvgIpc) is 2.17. The van der Waals surface area contributed by atoms with E-state index in [0.717, 1.165) is 13.1 Å². The molecular formula is C10H17NO3. The fraction of sp³-hybridized carbons (Fsp3) is 0.900. The van der Waals surface area contributed by atoms with E-state index in [1.807, 2.05) is 0 Å². The molecule has 0 radical (unpaired) electrons. The van der Waals surface area contributed by atoms with Crippen molar-refractivity contribution in [2.75, 3.05) is 20.2 Å². The molecule has 1 saturated carbocycles. The lowest BCUT2D eigenvalue weighted by molar-refractivity contribution is -0.157. The molecule has 0 aromatic rings. The maximum atomic E-state index is 10.8. The van der Waals surface area contributed by atoms with Crippen molar-refractivity contribution in [3.8, 4) is 0 Å². The number of carbonyl (C=O) groups is 1. The number of methoxy groups -OCH3 is 1. The molecule has 4 heteroatoms. The van der Waals surface area contributed by atoms with Crippen molar-refractivity contribution in [1.29, 1.82) is 0 Å². The van der Waals surface area contributed by atoms with E-state index >= 15 is 0 Å². The van der Waals surface area contributed by atoms with Gasteiger partial charge in [0.25, 0.3) is 0 Å². The summed E-state index contributed by atoms with van der Waals surface area (Å²) >= 11 is 0. The summed E-state index contributed by atoms with van der Waals surface area (Å²) in [5.74, 6) is 0.390. The normalized spacial score (nSPS) is 38.9. The Morgan fingerprint density at radius 2 is 2.07 bits per heavy atom. The molecule has 4 nitrogen and oxygen atoms in total. The lowest BCUT2D eigenvalue weighted by Crippen LogP contribution is -2.61. The standard InChI is InChI=1S/C10H17NO3/c1-6(10(12)13)11-4-7-3-8(5-11)9(7)14-2/h6-9H,3-5H2,1-2H3,(H,12,13)/t6-,7-,8-/m0/s1. The molecule has 80 valence electrons. The molecule has 2 aliphatic heterocycles. The number of piperidine rings is 2. The summed E-state index contributed by atoms with van der Waals surface area (Å²) in [7, 11) is 1.75. The van der Waals surface area contributed by atoms with Gasteiger partial charge in [0.05, 0.1) is 6.10 Å². The van der Waals surface area contributed by atoms with E-state index in [0.29, 0.717) is 17.9 Å². The molecule has 3 fully saturated rings. The highest BCUT2D eigenvalue weighted by molar-refractivity contribution is 5.72. The minimum absolute atomic E-state index is 0.349. The van der Waals surface area contributed by atoms with Gasteiger partial charge in [0.2, 0.25) is 0 Å². The Labute approximate surface area is 83.8 Å². The van der Waals surface area contributed by atoms with Crippen molar-refractivity contribution in [3.05, 3.63) is 0 Å². The molecule has 3 rings (SSSR count). The molecule has 2 heterocycles. The monoisotopic (exact) mass is 199 g/mol. The topological polar surface area (TPSA) is 49.8 Å². The second kappa shape index (κ2) is 3.51. The number of hydrogen-bond acceptors (Lipinski definition) is 3. The van der Waals surface area contributed by atoms with Crippen LogP contribution in [0.15, 0.2) is 0 Å². The van der Waals surface area contributed by atoms with Gasteiger partial charge >= 0.3 is 5.97 Å². The molecule has 14 heavy (non-hydrogen) atoms. The summed E-state index contributed by atoms with van der Waals surface area (Å²) < 4.78 is 5.37. The summed E-state index contributed by atoms with van der Waals surface area (Å²) in [6.07, 6.45) is 1.59. The Bertz CT molecular complexity index is 232. The molecule has 0 aromatic heterocycles. The van der Waals surface area contributed by atoms with Crippen molar-refractivity contribution < 1.29 is 14.6 Å². The number of hydrogen-bond donors (Lipinski definition) is 1. The SMILES string of the molecule is COC1[C@H]2C[C@H]1CN([C@@H](C)C(=O)O)C2. The number of aliphatic carboxylic acids is 1. The zero-order valence-corrected chi connectivity index (χ0v) is 8.64. The van der Waals surface area contributed by atoms with E-state index in [9.17, 15) is 4.79 Å². The largest absolute Gasteiger partial charge is 0.480 e. The molecule has 0 spiro atoms. The minimum Gasteiger partial charge on any atom is -0.480 e. The molecule has 0 aromatic carbocycles. The first kappa shape index (κ1) is 9.93. The van der Waals surface area contributed by atoms with E-state index in [1.165, 1.54) is 6.42 Å². The zero-order valence-electron chi connectivity index (χ0n) is 8.64. The van der Waals surface area contributed by atoms with Crippen molar-refractivity contribution in [1.82, 2.24) is 4.90 Å². The van der Waals surface area contributed by atoms with Gasteiger partial charge in [-0.3, -0.25) is 9.69 Å². The third-order valence-electron chi connectivity index (χ3n) is 3.65. The van der Waals surface area contributed by atoms with Crippen LogP contribution in [0.25, 0.3) is 0 Å². The second-order valence-corrected chi connectivity index (χ2v) is 4.42. The van der Waals surface area contributed by atoms with Crippen molar-refractivity contribution in [3.63, 3.8) is 0 Å². The molecule has 0 unspecified atom stereocenters. The van der Waals surface area contributed by atoms with E-state index in [2.05, 4.69) is 4.90 Å². The highest BCUT2D eigenvalue weighted by atomic mass is 16.5. The molecule has 2 saturated heterocycles. The second-order valence-electron chi connectivity index (χ2n) is 4.42. The Morgan fingerprint density at radius 3 is 2.50 bits per heavy atom. The van der Waals surface area contributed by atoms with Crippen molar-refractivity contribution >= 4 is 5.97 Å². The highest BCUT2D eigenvalue weighted by Crippen LogP contribution is 2.42. The highest BCUT2D eigenvalue weighted by Gasteiger charge is 2.48. The van der Waals surface area contributed by atoms with Crippen LogP contribution in [0.5, 0.6) is 0 Å². The van der Waals surface area contributed by atoms with Gasteiger partial charge in [-0.1, -0.05) is 0 Å². The van der Waals surface area contributed by atoms with Gasteiger partial charge in [0.1, 0.15) is 6.04 Å². The van der Waals surface area contributed by atoms with Crippen LogP contribution in [-0.4, -0.2) is 48.3 Å². The quantitative estimate of drug-likeness (QED) is 0.716. The van der Waals surface area contributed by atoms with Crippen molar-refractivity contribution in [2.45, 2.75) is 25.5 Å². The third-order valence-corrected chi connectivity index (χ3v) is 3.65. The van der Waals surface area contributed by atoms with Crippen LogP contribution < -0.4 is 0 Å². The minimum atomic E-state index is -0.722. The smallest absolute Gasteiger partial charge is 0.320 e. The molecule has 2 bridgehead atoms. The summed E-state index contributed by atoms with van der Waals surface area (Å²) in [4.78, 5) is 12.9. The summed E-state index contributed by atoms with van der Waals surface area (Å²) in [5, 5.41) is 8.89. The first-order valence-corrected chi connectivity index (χ1v) is 5.13. The maximum absolute atomic E-state index is 10.8. The summed E-state index contributed by atoms with van der Waals surface area (Å²) in [5.41, 5.74) is 0. The van der Waals surface area contributed by atoms with Gasteiger partial charge in [-0.25, -0.2) is 0 Å². The molecule has 3 atom stereocenters. The van der Waals surface area contributed by atoms with Crippen LogP contribution in [0.4, 0.5) is 0 Å². The van der Waals surface area contributed by atoms with Gasteiger partial charge in [-0.15, -0.1) is 0 Å².